The number of ether oxygens (including phenoxy) is 1. The predicted molar refractivity (Wildman–Crippen MR) is 161 cm³/mol. The maximum Gasteiger partial charge on any atom is 0.318 e. The minimum atomic E-state index is -0.973. The zero-order chi connectivity index (χ0) is 31.8. The van der Waals surface area contributed by atoms with E-state index in [4.69, 9.17) is 11.2 Å². The smallest absolute Gasteiger partial charge is 0.318 e. The number of nitrogens with zero attached hydrogens (tertiary/aromatic N) is 7. The average molecular weight is 612 g/mol. The first-order valence-electron chi connectivity index (χ1n) is 13.7. The fourth-order valence-corrected chi connectivity index (χ4v) is 5.47. The molecule has 1 aliphatic rings. The molecule has 6 rings (SSSR count). The number of hydrogen-bond donors (Lipinski definition) is 1. The Morgan fingerprint density at radius 2 is 2.07 bits per heavy atom. The first kappa shape index (κ1) is 29.3. The van der Waals surface area contributed by atoms with Crippen molar-refractivity contribution in [3.63, 3.8) is 0 Å². The van der Waals surface area contributed by atoms with Gasteiger partial charge in [-0.25, -0.2) is 13.2 Å². The van der Waals surface area contributed by atoms with E-state index in [-0.39, 0.29) is 75.5 Å². The molecule has 0 saturated carbocycles. The molecule has 1 atom stereocenters. The fourth-order valence-electron chi connectivity index (χ4n) is 5.47. The van der Waals surface area contributed by atoms with Crippen LogP contribution in [0.15, 0.2) is 54.6 Å². The molecule has 45 heavy (non-hydrogen) atoms. The molecule has 5 aromatic rings. The number of carbonyl (C=O) groups excluding carboxylic acids is 1. The number of likely N-dealkylation sites (tertiary alicyclic amines) is 1. The summed E-state index contributed by atoms with van der Waals surface area (Å²) in [6, 6.07) is 7.91. The monoisotopic (exact) mass is 611 g/mol. The molecule has 1 N–H and O–H groups in total. The lowest BCUT2D eigenvalue weighted by atomic mass is 9.96. The van der Waals surface area contributed by atoms with Crippen LogP contribution in [0.1, 0.15) is 17.7 Å². The number of phenolic OH excluding ortho intramolecular Hbond substituents is 1. The second kappa shape index (κ2) is 11.7. The summed E-state index contributed by atoms with van der Waals surface area (Å²) in [5.41, 5.74) is -0.182. The molecule has 4 heterocycles. The number of fused-ring (bicyclic) bond motifs is 2. The molecule has 0 bridgehead atoms. The SMILES string of the molecule is C#Cc1c(F)ccc2cc(O)cc(-c3ncc4c(N(C)[C@H]5CCN(C(=O)/C(F)=C/c6cccnn6)C5)nc(OC)nc4c3F)c12. The molecule has 2 aromatic carbocycles. The largest absolute Gasteiger partial charge is 0.508 e. The zero-order valence-electron chi connectivity index (χ0n) is 24.0. The quantitative estimate of drug-likeness (QED) is 0.216. The van der Waals surface area contributed by atoms with Crippen molar-refractivity contribution in [2.75, 3.05) is 32.1 Å². The number of pyridine rings is 1. The van der Waals surface area contributed by atoms with Gasteiger partial charge in [0, 0.05) is 55.6 Å². The van der Waals surface area contributed by atoms with E-state index >= 15 is 4.39 Å². The normalized spacial score (nSPS) is 15.0. The molecule has 0 unspecified atom stereocenters. The number of likely N-dealkylation sites (N-methyl/N-ethyl adjacent to an activating group) is 1. The summed E-state index contributed by atoms with van der Waals surface area (Å²) in [6.45, 7) is 0.430. The number of carbonyl (C=O) groups is 1. The highest BCUT2D eigenvalue weighted by atomic mass is 19.1. The molecule has 0 spiro atoms. The highest BCUT2D eigenvalue weighted by molar-refractivity contribution is 6.03. The van der Waals surface area contributed by atoms with Crippen molar-refractivity contribution in [2.45, 2.75) is 12.5 Å². The van der Waals surface area contributed by atoms with Crippen LogP contribution in [0.5, 0.6) is 11.8 Å². The second-order valence-corrected chi connectivity index (χ2v) is 10.3. The summed E-state index contributed by atoms with van der Waals surface area (Å²) < 4.78 is 51.1. The van der Waals surface area contributed by atoms with Crippen LogP contribution in [0, 0.1) is 24.0 Å². The van der Waals surface area contributed by atoms with E-state index in [1.165, 1.54) is 54.7 Å². The van der Waals surface area contributed by atoms with Crippen molar-refractivity contribution in [1.82, 2.24) is 30.0 Å². The number of rotatable bonds is 6. The van der Waals surface area contributed by atoms with Crippen LogP contribution in [0.4, 0.5) is 19.0 Å². The van der Waals surface area contributed by atoms with Gasteiger partial charge >= 0.3 is 6.01 Å². The van der Waals surface area contributed by atoms with Crippen LogP contribution in [0.3, 0.4) is 0 Å². The summed E-state index contributed by atoms with van der Waals surface area (Å²) in [5, 5.41) is 18.7. The highest BCUT2D eigenvalue weighted by Crippen LogP contribution is 2.39. The summed E-state index contributed by atoms with van der Waals surface area (Å²) in [7, 11) is 3.04. The van der Waals surface area contributed by atoms with E-state index in [0.29, 0.717) is 11.8 Å². The molecule has 1 fully saturated rings. The van der Waals surface area contributed by atoms with Crippen molar-refractivity contribution >= 4 is 39.5 Å². The lowest BCUT2D eigenvalue weighted by molar-refractivity contribution is -0.127. The van der Waals surface area contributed by atoms with Gasteiger partial charge in [0.2, 0.25) is 0 Å². The number of anilines is 1. The molecule has 226 valence electrons. The maximum atomic E-state index is 16.4. The molecule has 0 radical (unpaired) electrons. The number of aromatic nitrogens is 5. The highest BCUT2D eigenvalue weighted by Gasteiger charge is 2.33. The topological polar surface area (TPSA) is 117 Å². The number of amides is 1. The van der Waals surface area contributed by atoms with E-state index in [2.05, 4.69) is 31.1 Å². The number of methoxy groups -OCH3 is 1. The minimum Gasteiger partial charge on any atom is -0.508 e. The minimum absolute atomic E-state index is 0.0749. The van der Waals surface area contributed by atoms with E-state index < -0.39 is 23.4 Å². The molecule has 1 amide bonds. The van der Waals surface area contributed by atoms with Gasteiger partial charge in [-0.05, 0) is 42.1 Å². The van der Waals surface area contributed by atoms with Gasteiger partial charge in [0.1, 0.15) is 28.6 Å². The number of aromatic hydroxyl groups is 1. The first-order chi connectivity index (χ1) is 21.7. The summed E-state index contributed by atoms with van der Waals surface area (Å²) in [5.74, 6) is -0.943. The van der Waals surface area contributed by atoms with Crippen LogP contribution in [-0.4, -0.2) is 74.4 Å². The third-order valence-electron chi connectivity index (χ3n) is 7.68. The number of benzene rings is 2. The van der Waals surface area contributed by atoms with E-state index in [1.54, 1.807) is 18.0 Å². The molecule has 3 aromatic heterocycles. The Hall–Kier alpha value is -5.77. The fraction of sp³-hybridized carbons (Fsp3) is 0.188. The Morgan fingerprint density at radius 3 is 2.80 bits per heavy atom. The molecule has 13 heteroatoms. The van der Waals surface area contributed by atoms with Crippen molar-refractivity contribution in [2.24, 2.45) is 0 Å². The molecular formula is C32H24F3N7O3. The van der Waals surface area contributed by atoms with Gasteiger partial charge in [-0.15, -0.1) is 6.42 Å². The second-order valence-electron chi connectivity index (χ2n) is 10.3. The van der Waals surface area contributed by atoms with Crippen molar-refractivity contribution in [3.8, 4) is 35.4 Å². The molecular weight excluding hydrogens is 587 g/mol. The Labute approximate surface area is 254 Å². The summed E-state index contributed by atoms with van der Waals surface area (Å²) >= 11 is 0. The third kappa shape index (κ3) is 5.31. The van der Waals surface area contributed by atoms with Gasteiger partial charge in [0.15, 0.2) is 11.6 Å². The Morgan fingerprint density at radius 1 is 1.24 bits per heavy atom. The summed E-state index contributed by atoms with van der Waals surface area (Å²) in [4.78, 5) is 29.0. The van der Waals surface area contributed by atoms with Crippen LogP contribution in [0.25, 0.3) is 39.0 Å². The van der Waals surface area contributed by atoms with Crippen molar-refractivity contribution < 1.29 is 27.8 Å². The lowest BCUT2D eigenvalue weighted by Gasteiger charge is -2.27. The first-order valence-corrected chi connectivity index (χ1v) is 13.7. The molecule has 1 aliphatic heterocycles. The van der Waals surface area contributed by atoms with Crippen LogP contribution < -0.4 is 9.64 Å². The van der Waals surface area contributed by atoms with E-state index in [1.807, 2.05) is 0 Å². The van der Waals surface area contributed by atoms with Crippen LogP contribution in [0.2, 0.25) is 0 Å². The third-order valence-corrected chi connectivity index (χ3v) is 7.68. The standard InChI is InChI=1S/C32H24F3N7O3/c1-4-21-24(33)8-7-17-12-20(43)14-22(26(17)21)28-27(35)29-23(15-36-28)30(39-32(38-29)45-3)41(2)19-9-11-42(16-19)31(44)25(34)13-18-6-5-10-37-40-18/h1,5-8,10,12-15,19,43H,9,11,16H2,2-3H3/b25-13-/t19-/m0/s1. The maximum absolute atomic E-state index is 16.4. The average Bonchev–Trinajstić information content (AvgIpc) is 3.54. The van der Waals surface area contributed by atoms with E-state index in [9.17, 15) is 18.7 Å². The van der Waals surface area contributed by atoms with Crippen molar-refractivity contribution in [3.05, 3.63) is 77.5 Å². The lowest BCUT2D eigenvalue weighted by Crippen LogP contribution is -2.37. The Kier molecular flexibility index (Phi) is 7.64. The molecule has 1 saturated heterocycles. The zero-order valence-corrected chi connectivity index (χ0v) is 24.0. The number of phenols is 1. The van der Waals surface area contributed by atoms with Gasteiger partial charge in [-0.2, -0.15) is 20.2 Å². The van der Waals surface area contributed by atoms with Gasteiger partial charge in [0.05, 0.1) is 23.8 Å². The van der Waals surface area contributed by atoms with Gasteiger partial charge in [0.25, 0.3) is 5.91 Å². The Balaban J connectivity index is 1.38. The van der Waals surface area contributed by atoms with Crippen LogP contribution in [-0.2, 0) is 4.79 Å². The number of terminal acetylenes is 1. The van der Waals surface area contributed by atoms with Gasteiger partial charge in [-0.3, -0.25) is 9.78 Å². The number of halogens is 3. The molecule has 0 aliphatic carbocycles. The van der Waals surface area contributed by atoms with Crippen molar-refractivity contribution in [1.29, 1.82) is 0 Å². The Bertz CT molecular complexity index is 2050. The predicted octanol–water partition coefficient (Wildman–Crippen LogP) is 4.66. The van der Waals surface area contributed by atoms with Crippen LogP contribution >= 0.6 is 0 Å². The molecule has 10 nitrogen and oxygen atoms in total. The number of hydrogen-bond acceptors (Lipinski definition) is 9. The van der Waals surface area contributed by atoms with E-state index in [0.717, 1.165) is 6.08 Å². The van der Waals surface area contributed by atoms with Gasteiger partial charge in [-0.1, -0.05) is 12.0 Å². The summed E-state index contributed by atoms with van der Waals surface area (Å²) in [6.07, 6.45) is 9.90. The van der Waals surface area contributed by atoms with Gasteiger partial charge < -0.3 is 19.6 Å².